The van der Waals surface area contributed by atoms with Crippen molar-refractivity contribution < 1.29 is 17.9 Å². The number of rotatable bonds is 6. The number of para-hydroxylation sites is 1. The first-order valence-corrected chi connectivity index (χ1v) is 9.02. The van der Waals surface area contributed by atoms with Crippen molar-refractivity contribution in [1.29, 1.82) is 0 Å². The van der Waals surface area contributed by atoms with Gasteiger partial charge in [0.2, 0.25) is 10.0 Å². The van der Waals surface area contributed by atoms with Gasteiger partial charge in [0.25, 0.3) is 0 Å². The molecule has 1 saturated heterocycles. The van der Waals surface area contributed by atoms with Gasteiger partial charge in [-0.2, -0.15) is 4.31 Å². The third-order valence-electron chi connectivity index (χ3n) is 3.97. The van der Waals surface area contributed by atoms with Crippen LogP contribution in [0.1, 0.15) is 12.5 Å². The van der Waals surface area contributed by atoms with Gasteiger partial charge in [-0.1, -0.05) is 12.1 Å². The first kappa shape index (κ1) is 17.1. The molecule has 0 aliphatic carbocycles. The predicted molar refractivity (Wildman–Crippen MR) is 85.9 cm³/mol. The molecule has 0 bridgehead atoms. The Morgan fingerprint density at radius 1 is 1.09 bits per heavy atom. The molecule has 6 nitrogen and oxygen atoms in total. The highest BCUT2D eigenvalue weighted by Crippen LogP contribution is 2.31. The Morgan fingerprint density at radius 3 is 2.32 bits per heavy atom. The molecule has 1 fully saturated rings. The van der Waals surface area contributed by atoms with Crippen LogP contribution in [0.3, 0.4) is 0 Å². The monoisotopic (exact) mass is 328 g/mol. The summed E-state index contributed by atoms with van der Waals surface area (Å²) in [6, 6.07) is 5.82. The maximum Gasteiger partial charge on any atom is 0.213 e. The number of piperazine rings is 1. The van der Waals surface area contributed by atoms with Crippen LogP contribution in [-0.4, -0.2) is 63.8 Å². The third-order valence-corrected chi connectivity index (χ3v) is 5.85. The van der Waals surface area contributed by atoms with Crippen molar-refractivity contribution in [1.82, 2.24) is 9.21 Å². The summed E-state index contributed by atoms with van der Waals surface area (Å²) in [4.78, 5) is 2.24. The molecule has 2 rings (SSSR count). The molecule has 0 atom stereocenters. The van der Waals surface area contributed by atoms with Crippen molar-refractivity contribution in [3.63, 3.8) is 0 Å². The minimum absolute atomic E-state index is 0.163. The van der Waals surface area contributed by atoms with Gasteiger partial charge in [-0.3, -0.25) is 4.90 Å². The van der Waals surface area contributed by atoms with Crippen LogP contribution in [0.2, 0.25) is 0 Å². The Labute approximate surface area is 132 Å². The minimum Gasteiger partial charge on any atom is -0.493 e. The molecule has 0 amide bonds. The van der Waals surface area contributed by atoms with E-state index >= 15 is 0 Å². The summed E-state index contributed by atoms with van der Waals surface area (Å²) >= 11 is 0. The van der Waals surface area contributed by atoms with Gasteiger partial charge < -0.3 is 9.47 Å². The third kappa shape index (κ3) is 3.71. The fourth-order valence-electron chi connectivity index (χ4n) is 2.67. The lowest BCUT2D eigenvalue weighted by atomic mass is 10.1. The van der Waals surface area contributed by atoms with Gasteiger partial charge in [0, 0.05) is 38.3 Å². The standard InChI is InChI=1S/C15H24N2O4S/c1-4-22(18,19)17-10-8-16(9-11-17)12-13-6-5-7-14(20-2)15(13)21-3/h5-7H,4,8-12H2,1-3H3. The van der Waals surface area contributed by atoms with E-state index in [2.05, 4.69) is 4.90 Å². The maximum atomic E-state index is 11.9. The molecule has 1 aromatic carbocycles. The molecule has 0 radical (unpaired) electrons. The van der Waals surface area contributed by atoms with Gasteiger partial charge in [-0.05, 0) is 13.0 Å². The Kier molecular flexibility index (Phi) is 5.66. The fraction of sp³-hybridized carbons (Fsp3) is 0.600. The maximum absolute atomic E-state index is 11.9. The average molecular weight is 328 g/mol. The second-order valence-corrected chi connectivity index (χ2v) is 7.49. The summed E-state index contributed by atoms with van der Waals surface area (Å²) in [6.07, 6.45) is 0. The van der Waals surface area contributed by atoms with Crippen LogP contribution in [0.4, 0.5) is 0 Å². The van der Waals surface area contributed by atoms with Crippen LogP contribution in [0.15, 0.2) is 18.2 Å². The first-order chi connectivity index (χ1) is 10.5. The normalized spacial score (nSPS) is 17.4. The van der Waals surface area contributed by atoms with Gasteiger partial charge in [0.1, 0.15) is 0 Å². The van der Waals surface area contributed by atoms with Crippen LogP contribution in [-0.2, 0) is 16.6 Å². The SMILES string of the molecule is CCS(=O)(=O)N1CCN(Cc2cccc(OC)c2OC)CC1. The number of sulfonamides is 1. The second-order valence-electron chi connectivity index (χ2n) is 5.23. The zero-order valence-electron chi connectivity index (χ0n) is 13.4. The van der Waals surface area contributed by atoms with E-state index in [0.29, 0.717) is 18.8 Å². The van der Waals surface area contributed by atoms with Crippen LogP contribution in [0.25, 0.3) is 0 Å². The zero-order chi connectivity index (χ0) is 16.2. The molecule has 0 unspecified atom stereocenters. The topological polar surface area (TPSA) is 59.1 Å². The summed E-state index contributed by atoms with van der Waals surface area (Å²) in [5.41, 5.74) is 1.05. The van der Waals surface area contributed by atoms with Crippen molar-refractivity contribution in [3.05, 3.63) is 23.8 Å². The van der Waals surface area contributed by atoms with Crippen LogP contribution in [0.5, 0.6) is 11.5 Å². The van der Waals surface area contributed by atoms with E-state index < -0.39 is 10.0 Å². The molecular formula is C15H24N2O4S. The Bertz CT molecular complexity index is 596. The van der Waals surface area contributed by atoms with E-state index in [1.807, 2.05) is 18.2 Å². The number of hydrogen-bond donors (Lipinski definition) is 0. The summed E-state index contributed by atoms with van der Waals surface area (Å²) in [5, 5.41) is 0. The number of methoxy groups -OCH3 is 2. The molecule has 0 saturated carbocycles. The molecule has 1 aliphatic rings. The molecule has 22 heavy (non-hydrogen) atoms. The molecule has 0 spiro atoms. The van der Waals surface area contributed by atoms with Crippen LogP contribution >= 0.6 is 0 Å². The molecule has 7 heteroatoms. The summed E-state index contributed by atoms with van der Waals surface area (Å²) in [6.45, 7) is 4.94. The van der Waals surface area contributed by atoms with E-state index in [-0.39, 0.29) is 5.75 Å². The quantitative estimate of drug-likeness (QED) is 0.784. The van der Waals surface area contributed by atoms with Gasteiger partial charge in [-0.25, -0.2) is 8.42 Å². The molecular weight excluding hydrogens is 304 g/mol. The lowest BCUT2D eigenvalue weighted by Gasteiger charge is -2.34. The van der Waals surface area contributed by atoms with E-state index in [4.69, 9.17) is 9.47 Å². The first-order valence-electron chi connectivity index (χ1n) is 7.42. The molecule has 0 N–H and O–H groups in total. The van der Waals surface area contributed by atoms with Gasteiger partial charge in [0.05, 0.1) is 20.0 Å². The highest BCUT2D eigenvalue weighted by Gasteiger charge is 2.26. The predicted octanol–water partition coefficient (Wildman–Crippen LogP) is 1.17. The van der Waals surface area contributed by atoms with E-state index in [9.17, 15) is 8.42 Å². The second kappa shape index (κ2) is 7.30. The van der Waals surface area contributed by atoms with Gasteiger partial charge in [0.15, 0.2) is 11.5 Å². The Balaban J connectivity index is 2.02. The minimum atomic E-state index is -3.08. The highest BCUT2D eigenvalue weighted by atomic mass is 32.2. The highest BCUT2D eigenvalue weighted by molar-refractivity contribution is 7.89. The molecule has 124 valence electrons. The number of benzene rings is 1. The zero-order valence-corrected chi connectivity index (χ0v) is 14.2. The van der Waals surface area contributed by atoms with Gasteiger partial charge in [-0.15, -0.1) is 0 Å². The van der Waals surface area contributed by atoms with Crippen LogP contribution < -0.4 is 9.47 Å². The van der Waals surface area contributed by atoms with Crippen molar-refractivity contribution in [2.75, 3.05) is 46.2 Å². The Hall–Kier alpha value is -1.31. The summed E-state index contributed by atoms with van der Waals surface area (Å²) < 4.78 is 36.1. The molecule has 1 heterocycles. The van der Waals surface area contributed by atoms with Gasteiger partial charge >= 0.3 is 0 Å². The Morgan fingerprint density at radius 2 is 1.77 bits per heavy atom. The lowest BCUT2D eigenvalue weighted by molar-refractivity contribution is 0.179. The molecule has 0 aromatic heterocycles. The van der Waals surface area contributed by atoms with E-state index in [0.717, 1.165) is 30.9 Å². The van der Waals surface area contributed by atoms with Crippen molar-refractivity contribution in [2.24, 2.45) is 0 Å². The van der Waals surface area contributed by atoms with E-state index in [1.165, 1.54) is 0 Å². The fourth-order valence-corrected chi connectivity index (χ4v) is 3.75. The number of nitrogens with zero attached hydrogens (tertiary/aromatic N) is 2. The van der Waals surface area contributed by atoms with Crippen LogP contribution in [0, 0.1) is 0 Å². The smallest absolute Gasteiger partial charge is 0.213 e. The number of ether oxygens (including phenoxy) is 2. The number of hydrogen-bond acceptors (Lipinski definition) is 5. The van der Waals surface area contributed by atoms with Crippen molar-refractivity contribution >= 4 is 10.0 Å². The molecule has 1 aromatic rings. The van der Waals surface area contributed by atoms with Crippen molar-refractivity contribution in [3.8, 4) is 11.5 Å². The van der Waals surface area contributed by atoms with E-state index in [1.54, 1.807) is 25.4 Å². The summed E-state index contributed by atoms with van der Waals surface area (Å²) in [7, 11) is 0.174. The van der Waals surface area contributed by atoms with Crippen molar-refractivity contribution in [2.45, 2.75) is 13.5 Å². The average Bonchev–Trinajstić information content (AvgIpc) is 2.55. The lowest BCUT2D eigenvalue weighted by Crippen LogP contribution is -2.48. The summed E-state index contributed by atoms with van der Waals surface area (Å²) in [5.74, 6) is 1.62. The largest absolute Gasteiger partial charge is 0.493 e. The molecule has 1 aliphatic heterocycles.